The predicted molar refractivity (Wildman–Crippen MR) is 87.0 cm³/mol. The highest BCUT2D eigenvalue weighted by Gasteiger charge is 2.34. The third-order valence-corrected chi connectivity index (χ3v) is 6.43. The second kappa shape index (κ2) is 6.49. The number of hydrogen-bond donors (Lipinski definition) is 1. The van der Waals surface area contributed by atoms with Crippen molar-refractivity contribution < 1.29 is 18.3 Å². The summed E-state index contributed by atoms with van der Waals surface area (Å²) in [5.74, 6) is 0.822. The molecule has 23 heavy (non-hydrogen) atoms. The van der Waals surface area contributed by atoms with Crippen LogP contribution in [0, 0.1) is 0 Å². The van der Waals surface area contributed by atoms with Gasteiger partial charge in [-0.15, -0.1) is 0 Å². The van der Waals surface area contributed by atoms with Crippen molar-refractivity contribution in [1.29, 1.82) is 0 Å². The van der Waals surface area contributed by atoms with E-state index < -0.39 is 9.84 Å². The normalized spacial score (nSPS) is 24.7. The Bertz CT molecular complexity index is 664. The van der Waals surface area contributed by atoms with Gasteiger partial charge in [0.1, 0.15) is 5.75 Å². The lowest BCUT2D eigenvalue weighted by Gasteiger charge is -2.37. The van der Waals surface area contributed by atoms with Gasteiger partial charge in [-0.05, 0) is 24.1 Å². The highest BCUT2D eigenvalue weighted by molar-refractivity contribution is 7.91. The number of carbonyl (C=O) groups is 1. The quantitative estimate of drug-likeness (QED) is 0.856. The molecule has 0 saturated carbocycles. The second-order valence-corrected chi connectivity index (χ2v) is 8.55. The average molecular weight is 338 g/mol. The van der Waals surface area contributed by atoms with E-state index in [1.54, 1.807) is 24.3 Å². The van der Waals surface area contributed by atoms with Crippen molar-refractivity contribution in [3.8, 4) is 5.75 Å². The summed E-state index contributed by atoms with van der Waals surface area (Å²) in [5, 5.41) is 9.27. The maximum atomic E-state index is 12.3. The second-order valence-electron chi connectivity index (χ2n) is 6.32. The molecule has 2 aliphatic heterocycles. The van der Waals surface area contributed by atoms with Gasteiger partial charge in [0.25, 0.3) is 0 Å². The van der Waals surface area contributed by atoms with E-state index in [1.807, 2.05) is 4.90 Å². The molecule has 1 aromatic rings. The van der Waals surface area contributed by atoms with Gasteiger partial charge in [-0.1, -0.05) is 12.1 Å². The number of aromatic hydroxyl groups is 1. The van der Waals surface area contributed by atoms with Gasteiger partial charge in [-0.2, -0.15) is 0 Å². The van der Waals surface area contributed by atoms with Gasteiger partial charge < -0.3 is 10.0 Å². The summed E-state index contributed by atoms with van der Waals surface area (Å²) >= 11 is 0. The van der Waals surface area contributed by atoms with Crippen molar-refractivity contribution >= 4 is 15.7 Å². The summed E-state index contributed by atoms with van der Waals surface area (Å²) in [6, 6.07) is 6.80. The Balaban J connectivity index is 1.50. The van der Waals surface area contributed by atoms with Crippen molar-refractivity contribution in [2.45, 2.75) is 18.9 Å². The summed E-state index contributed by atoms with van der Waals surface area (Å²) in [7, 11) is -2.86. The Hall–Kier alpha value is -1.60. The molecule has 6 nitrogen and oxygen atoms in total. The molecular formula is C16H22N2O4S. The molecule has 1 N–H and O–H groups in total. The van der Waals surface area contributed by atoms with Crippen molar-refractivity contribution in [1.82, 2.24) is 9.80 Å². The largest absolute Gasteiger partial charge is 0.508 e. The van der Waals surface area contributed by atoms with Crippen LogP contribution in [0.1, 0.15) is 12.0 Å². The Kier molecular flexibility index (Phi) is 4.59. The molecule has 0 aromatic heterocycles. The Labute approximate surface area is 136 Å². The fourth-order valence-corrected chi connectivity index (χ4v) is 5.06. The molecule has 2 heterocycles. The summed E-state index contributed by atoms with van der Waals surface area (Å²) in [6.45, 7) is 2.77. The van der Waals surface area contributed by atoms with E-state index in [9.17, 15) is 18.3 Å². The number of carbonyl (C=O) groups excluding carboxylic acids is 1. The minimum Gasteiger partial charge on any atom is -0.508 e. The Morgan fingerprint density at radius 3 is 2.35 bits per heavy atom. The van der Waals surface area contributed by atoms with Gasteiger partial charge in [0.05, 0.1) is 17.9 Å². The van der Waals surface area contributed by atoms with E-state index in [4.69, 9.17) is 0 Å². The SMILES string of the molecule is O=C(Cc1ccc(O)cc1)N1CCN(C2CCS(=O)(=O)C2)CC1. The molecular weight excluding hydrogens is 316 g/mol. The van der Waals surface area contributed by atoms with Crippen molar-refractivity contribution in [2.75, 3.05) is 37.7 Å². The van der Waals surface area contributed by atoms with Crippen LogP contribution < -0.4 is 0 Å². The van der Waals surface area contributed by atoms with E-state index >= 15 is 0 Å². The van der Waals surface area contributed by atoms with Crippen molar-refractivity contribution in [3.05, 3.63) is 29.8 Å². The third kappa shape index (κ3) is 4.03. The number of sulfone groups is 1. The number of rotatable bonds is 3. The van der Waals surface area contributed by atoms with Crippen LogP contribution in [0.4, 0.5) is 0 Å². The first-order valence-corrected chi connectivity index (χ1v) is 9.75. The standard InChI is InChI=1S/C16H22N2O4S/c19-15-3-1-13(2-4-15)11-16(20)18-8-6-17(7-9-18)14-5-10-23(21,22)12-14/h1-4,14,19H,5-12H2. The first-order chi connectivity index (χ1) is 10.9. The first kappa shape index (κ1) is 16.3. The van der Waals surface area contributed by atoms with E-state index in [0.29, 0.717) is 25.9 Å². The zero-order chi connectivity index (χ0) is 16.4. The highest BCUT2D eigenvalue weighted by Crippen LogP contribution is 2.19. The van der Waals surface area contributed by atoms with E-state index in [0.717, 1.165) is 18.7 Å². The fraction of sp³-hybridized carbons (Fsp3) is 0.562. The lowest BCUT2D eigenvalue weighted by Crippen LogP contribution is -2.52. The van der Waals surface area contributed by atoms with E-state index in [2.05, 4.69) is 4.90 Å². The number of phenols is 1. The summed E-state index contributed by atoms with van der Waals surface area (Å²) in [6.07, 6.45) is 1.04. The number of phenolic OH excluding ortho intramolecular Hbond substituents is 1. The number of amides is 1. The molecule has 2 aliphatic rings. The monoisotopic (exact) mass is 338 g/mol. The molecule has 7 heteroatoms. The van der Waals surface area contributed by atoms with Crippen LogP contribution in [0.25, 0.3) is 0 Å². The van der Waals surface area contributed by atoms with Gasteiger partial charge in [-0.3, -0.25) is 9.69 Å². The molecule has 1 amide bonds. The molecule has 3 rings (SSSR count). The van der Waals surface area contributed by atoms with Crippen LogP contribution in [-0.4, -0.2) is 73.0 Å². The maximum Gasteiger partial charge on any atom is 0.227 e. The molecule has 2 fully saturated rings. The maximum absolute atomic E-state index is 12.3. The zero-order valence-electron chi connectivity index (χ0n) is 13.0. The first-order valence-electron chi connectivity index (χ1n) is 7.93. The summed E-state index contributed by atoms with van der Waals surface area (Å²) < 4.78 is 23.1. The minimum atomic E-state index is -2.86. The van der Waals surface area contributed by atoms with Crippen LogP contribution in [0.5, 0.6) is 5.75 Å². The molecule has 2 saturated heterocycles. The molecule has 1 unspecified atom stereocenters. The van der Waals surface area contributed by atoms with Crippen LogP contribution in [0.3, 0.4) is 0 Å². The van der Waals surface area contributed by atoms with Gasteiger partial charge in [0.15, 0.2) is 9.84 Å². The van der Waals surface area contributed by atoms with Crippen molar-refractivity contribution in [3.63, 3.8) is 0 Å². The topological polar surface area (TPSA) is 77.9 Å². The Morgan fingerprint density at radius 1 is 1.13 bits per heavy atom. The van der Waals surface area contributed by atoms with Crippen LogP contribution in [0.2, 0.25) is 0 Å². The van der Waals surface area contributed by atoms with Gasteiger partial charge in [-0.25, -0.2) is 8.42 Å². The predicted octanol–water partition coefficient (Wildman–Crippen LogP) is 0.266. The van der Waals surface area contributed by atoms with Crippen molar-refractivity contribution in [2.24, 2.45) is 0 Å². The molecule has 0 spiro atoms. The zero-order valence-corrected chi connectivity index (χ0v) is 13.8. The number of nitrogens with zero attached hydrogens (tertiary/aromatic N) is 2. The van der Waals surface area contributed by atoms with Crippen LogP contribution in [0.15, 0.2) is 24.3 Å². The average Bonchev–Trinajstić information content (AvgIpc) is 2.90. The van der Waals surface area contributed by atoms with Crippen LogP contribution >= 0.6 is 0 Å². The third-order valence-electron chi connectivity index (χ3n) is 4.68. The lowest BCUT2D eigenvalue weighted by molar-refractivity contribution is -0.132. The summed E-state index contributed by atoms with van der Waals surface area (Å²) in [5.41, 5.74) is 0.886. The minimum absolute atomic E-state index is 0.0781. The number of benzene rings is 1. The van der Waals surface area contributed by atoms with E-state index in [-0.39, 0.29) is 29.2 Å². The molecule has 1 atom stereocenters. The van der Waals surface area contributed by atoms with Crippen LogP contribution in [-0.2, 0) is 21.1 Å². The number of hydrogen-bond acceptors (Lipinski definition) is 5. The number of piperazine rings is 1. The van der Waals surface area contributed by atoms with E-state index in [1.165, 1.54) is 0 Å². The molecule has 126 valence electrons. The van der Waals surface area contributed by atoms with Gasteiger partial charge in [0, 0.05) is 32.2 Å². The smallest absolute Gasteiger partial charge is 0.227 e. The molecule has 0 aliphatic carbocycles. The summed E-state index contributed by atoms with van der Waals surface area (Å²) in [4.78, 5) is 16.4. The van der Waals surface area contributed by atoms with Gasteiger partial charge >= 0.3 is 0 Å². The Morgan fingerprint density at radius 2 is 1.78 bits per heavy atom. The lowest BCUT2D eigenvalue weighted by atomic mass is 10.1. The van der Waals surface area contributed by atoms with Gasteiger partial charge in [0.2, 0.25) is 5.91 Å². The highest BCUT2D eigenvalue weighted by atomic mass is 32.2. The molecule has 1 aromatic carbocycles. The molecule has 0 bridgehead atoms. The molecule has 0 radical (unpaired) electrons. The fourth-order valence-electron chi connectivity index (χ4n) is 3.30.